The number of amides is 1. The number of carbonyl (C=O) groups excluding carboxylic acids is 2. The molecule has 0 aromatic heterocycles. The minimum absolute atomic E-state index is 0. The van der Waals surface area contributed by atoms with Crippen molar-refractivity contribution in [3.8, 4) is 0 Å². The minimum atomic E-state index is -1.11. The van der Waals surface area contributed by atoms with Crippen LogP contribution in [0.2, 0.25) is 0 Å². The molecule has 6 nitrogen and oxygen atoms in total. The van der Waals surface area contributed by atoms with E-state index in [1.165, 1.54) is 7.11 Å². The van der Waals surface area contributed by atoms with Crippen LogP contribution >= 0.6 is 0 Å². The van der Waals surface area contributed by atoms with E-state index in [4.69, 9.17) is 5.11 Å². The molecule has 0 aromatic carbocycles. The molecular formula is C10H19CaNO5. The molecule has 0 rings (SSSR count). The van der Waals surface area contributed by atoms with Gasteiger partial charge in [-0.2, -0.15) is 0 Å². The number of carbonyl (C=O) groups is 3. The van der Waals surface area contributed by atoms with Gasteiger partial charge in [-0.15, -0.1) is 0 Å². The molecule has 7 heteroatoms. The van der Waals surface area contributed by atoms with Crippen LogP contribution in [0.25, 0.3) is 0 Å². The maximum atomic E-state index is 10.7. The number of hydrogen-bond acceptors (Lipinski definition) is 4. The Balaban J connectivity index is -0.000000280. The van der Waals surface area contributed by atoms with Crippen LogP contribution in [-0.2, 0) is 19.1 Å². The quantitative estimate of drug-likeness (QED) is 0.301. The average molecular weight is 273 g/mol. The van der Waals surface area contributed by atoms with Gasteiger partial charge in [-0.3, -0.25) is 14.4 Å². The van der Waals surface area contributed by atoms with Crippen molar-refractivity contribution in [2.45, 2.75) is 19.8 Å². The molecule has 1 atom stereocenters. The van der Waals surface area contributed by atoms with E-state index in [-0.39, 0.29) is 37.7 Å². The summed E-state index contributed by atoms with van der Waals surface area (Å²) >= 11 is 0. The van der Waals surface area contributed by atoms with Crippen LogP contribution in [-0.4, -0.2) is 67.8 Å². The zero-order valence-corrected chi connectivity index (χ0v) is 9.43. The fraction of sp³-hybridized carbons (Fsp3) is 0.500. The van der Waals surface area contributed by atoms with Gasteiger partial charge in [-0.05, 0) is 12.5 Å². The summed E-state index contributed by atoms with van der Waals surface area (Å²) in [5, 5.41) is 8.51. The molecule has 0 fully saturated rings. The number of carboxylic acids is 1. The number of aliphatic carboxylic acids is 1. The molecule has 0 aliphatic rings. The molecule has 3 N–H and O–H groups in total. The monoisotopic (exact) mass is 273 g/mol. The second-order valence-electron chi connectivity index (χ2n) is 2.81. The molecule has 0 radical (unpaired) electrons. The van der Waals surface area contributed by atoms with Crippen LogP contribution in [0.15, 0.2) is 12.7 Å². The molecule has 0 saturated heterocycles. The second kappa shape index (κ2) is 13.5. The van der Waals surface area contributed by atoms with Gasteiger partial charge >= 0.3 is 49.7 Å². The SMILES string of the molecule is C=CC(N)=O.CCCC(C(=O)O)C(=O)OC.[CaH2]. The van der Waals surface area contributed by atoms with Gasteiger partial charge in [-0.25, -0.2) is 0 Å². The molecule has 0 aliphatic carbocycles. The molecule has 96 valence electrons. The van der Waals surface area contributed by atoms with Crippen LogP contribution in [0.4, 0.5) is 0 Å². The third-order valence-corrected chi connectivity index (χ3v) is 1.56. The maximum absolute atomic E-state index is 10.7. The van der Waals surface area contributed by atoms with E-state index in [0.29, 0.717) is 12.8 Å². The van der Waals surface area contributed by atoms with E-state index in [1.54, 1.807) is 0 Å². The predicted octanol–water partition coefficient (Wildman–Crippen LogP) is -0.598. The summed E-state index contributed by atoms with van der Waals surface area (Å²) in [5.74, 6) is -3.26. The van der Waals surface area contributed by atoms with Crippen molar-refractivity contribution in [3.05, 3.63) is 12.7 Å². The number of esters is 1. The Morgan fingerprint density at radius 1 is 1.47 bits per heavy atom. The molecule has 0 heterocycles. The summed E-state index contributed by atoms with van der Waals surface area (Å²) in [4.78, 5) is 30.6. The molecule has 0 bridgehead atoms. The summed E-state index contributed by atoms with van der Waals surface area (Å²) in [6.45, 7) is 4.90. The summed E-state index contributed by atoms with van der Waals surface area (Å²) in [5.41, 5.74) is 4.53. The first-order chi connectivity index (χ1) is 7.40. The van der Waals surface area contributed by atoms with E-state index in [2.05, 4.69) is 17.0 Å². The normalized spacial score (nSPS) is 9.76. The van der Waals surface area contributed by atoms with Gasteiger partial charge in [0, 0.05) is 0 Å². The van der Waals surface area contributed by atoms with E-state index in [9.17, 15) is 14.4 Å². The fourth-order valence-electron chi connectivity index (χ4n) is 0.773. The molecule has 0 aliphatic heterocycles. The van der Waals surface area contributed by atoms with Crippen molar-refractivity contribution < 1.29 is 24.2 Å². The summed E-state index contributed by atoms with van der Waals surface area (Å²) in [7, 11) is 1.19. The first-order valence-corrected chi connectivity index (χ1v) is 4.63. The van der Waals surface area contributed by atoms with Crippen LogP contribution in [0.3, 0.4) is 0 Å². The number of methoxy groups -OCH3 is 1. The van der Waals surface area contributed by atoms with E-state index in [0.717, 1.165) is 6.08 Å². The van der Waals surface area contributed by atoms with Gasteiger partial charge in [0.05, 0.1) is 7.11 Å². The number of nitrogens with two attached hydrogens (primary N) is 1. The molecular weight excluding hydrogens is 254 g/mol. The van der Waals surface area contributed by atoms with Gasteiger partial charge in [0.2, 0.25) is 5.91 Å². The summed E-state index contributed by atoms with van der Waals surface area (Å²) in [6.07, 6.45) is 2.05. The van der Waals surface area contributed by atoms with Gasteiger partial charge < -0.3 is 15.6 Å². The first kappa shape index (κ1) is 21.7. The predicted molar refractivity (Wildman–Crippen MR) is 66.0 cm³/mol. The Kier molecular flexibility index (Phi) is 17.2. The van der Waals surface area contributed by atoms with Crippen LogP contribution in [0.5, 0.6) is 0 Å². The topological polar surface area (TPSA) is 107 Å². The van der Waals surface area contributed by atoms with Crippen molar-refractivity contribution in [3.63, 3.8) is 0 Å². The van der Waals surface area contributed by atoms with Gasteiger partial charge in [0.1, 0.15) is 0 Å². The fourth-order valence-corrected chi connectivity index (χ4v) is 0.773. The van der Waals surface area contributed by atoms with Crippen molar-refractivity contribution in [1.29, 1.82) is 0 Å². The van der Waals surface area contributed by atoms with Crippen molar-refractivity contribution in [2.24, 2.45) is 11.7 Å². The molecule has 1 amide bonds. The molecule has 1 unspecified atom stereocenters. The first-order valence-electron chi connectivity index (χ1n) is 4.63. The van der Waals surface area contributed by atoms with Crippen molar-refractivity contribution in [2.75, 3.05) is 7.11 Å². The summed E-state index contributed by atoms with van der Waals surface area (Å²) < 4.78 is 4.31. The van der Waals surface area contributed by atoms with E-state index in [1.807, 2.05) is 6.92 Å². The third-order valence-electron chi connectivity index (χ3n) is 1.56. The molecule has 0 saturated carbocycles. The molecule has 17 heavy (non-hydrogen) atoms. The van der Waals surface area contributed by atoms with Gasteiger partial charge in [0.15, 0.2) is 5.92 Å². The second-order valence-corrected chi connectivity index (χ2v) is 2.81. The van der Waals surface area contributed by atoms with Gasteiger partial charge in [-0.1, -0.05) is 19.9 Å². The Morgan fingerprint density at radius 3 is 2.06 bits per heavy atom. The number of primary amides is 1. The van der Waals surface area contributed by atoms with Crippen LogP contribution in [0.1, 0.15) is 19.8 Å². The number of carboxylic acid groups (broad SMARTS) is 1. The van der Waals surface area contributed by atoms with Gasteiger partial charge in [0.25, 0.3) is 0 Å². The standard InChI is InChI=1S/C7H12O4.C3H5NO.Ca.2H/c1-3-4-5(6(8)9)7(10)11-2;1-2-3(4)5;;;/h5H,3-4H2,1-2H3,(H,8,9);2H,1H2,(H2,4,5);;;. The Hall–Kier alpha value is -0.590. The number of hydrogen-bond donors (Lipinski definition) is 2. The zero-order chi connectivity index (χ0) is 13.1. The number of ether oxygens (including phenoxy) is 1. The summed E-state index contributed by atoms with van der Waals surface area (Å²) in [6, 6.07) is 0. The Labute approximate surface area is 130 Å². The van der Waals surface area contributed by atoms with Crippen LogP contribution < -0.4 is 5.73 Å². The zero-order valence-electron chi connectivity index (χ0n) is 9.43. The van der Waals surface area contributed by atoms with E-state index < -0.39 is 23.8 Å². The van der Waals surface area contributed by atoms with Crippen molar-refractivity contribution in [1.82, 2.24) is 0 Å². The molecule has 0 spiro atoms. The Morgan fingerprint density at radius 2 is 1.88 bits per heavy atom. The van der Waals surface area contributed by atoms with Crippen molar-refractivity contribution >= 4 is 55.6 Å². The average Bonchev–Trinajstić information content (AvgIpc) is 2.25. The third kappa shape index (κ3) is 13.3. The van der Waals surface area contributed by atoms with E-state index >= 15 is 0 Å². The molecule has 0 aromatic rings. The Bertz CT molecular complexity index is 267. The number of rotatable bonds is 5. The van der Waals surface area contributed by atoms with Crippen LogP contribution in [0, 0.1) is 5.92 Å².